The van der Waals surface area contributed by atoms with Crippen molar-refractivity contribution in [1.29, 1.82) is 0 Å². The Morgan fingerprint density at radius 1 is 1.38 bits per heavy atom. The van der Waals surface area contributed by atoms with Crippen molar-refractivity contribution in [3.63, 3.8) is 0 Å². The molecule has 0 saturated heterocycles. The maximum Gasteiger partial charge on any atom is 0.418 e. The second-order valence-corrected chi connectivity index (χ2v) is 5.27. The van der Waals surface area contributed by atoms with Gasteiger partial charge in [-0.3, -0.25) is 0 Å². The number of hydrogen-bond donors (Lipinski definition) is 2. The first-order valence-electron chi connectivity index (χ1n) is 6.46. The summed E-state index contributed by atoms with van der Waals surface area (Å²) in [5, 5.41) is 9.51. The van der Waals surface area contributed by atoms with Gasteiger partial charge in [-0.2, -0.15) is 13.2 Å². The van der Waals surface area contributed by atoms with E-state index in [-0.39, 0.29) is 18.6 Å². The van der Waals surface area contributed by atoms with Crippen molar-refractivity contribution < 1.29 is 23.1 Å². The summed E-state index contributed by atoms with van der Waals surface area (Å²) in [6, 6.07) is 2.78. The van der Waals surface area contributed by atoms with E-state index in [9.17, 15) is 18.0 Å². The summed E-state index contributed by atoms with van der Waals surface area (Å²) < 4.78 is 39.4. The lowest BCUT2D eigenvalue weighted by molar-refractivity contribution is -0.136. The Morgan fingerprint density at radius 3 is 2.71 bits per heavy atom. The van der Waals surface area contributed by atoms with Gasteiger partial charge < -0.3 is 15.0 Å². The number of aryl methyl sites for hydroxylation is 1. The van der Waals surface area contributed by atoms with Crippen LogP contribution in [0.25, 0.3) is 10.9 Å². The van der Waals surface area contributed by atoms with Crippen LogP contribution in [0.3, 0.4) is 0 Å². The van der Waals surface area contributed by atoms with Crippen LogP contribution in [0.15, 0.2) is 12.1 Å². The largest absolute Gasteiger partial charge is 0.465 e. The van der Waals surface area contributed by atoms with E-state index in [2.05, 4.69) is 4.98 Å². The highest BCUT2D eigenvalue weighted by atomic mass is 19.4. The number of carboxylic acid groups (broad SMARTS) is 1. The average molecular weight is 298 g/mol. The van der Waals surface area contributed by atoms with Gasteiger partial charge in [0.1, 0.15) is 0 Å². The molecule has 2 N–H and O–H groups in total. The van der Waals surface area contributed by atoms with Gasteiger partial charge in [-0.25, -0.2) is 4.79 Å². The zero-order valence-corrected chi connectivity index (χ0v) is 11.2. The lowest BCUT2D eigenvalue weighted by Gasteiger charge is -2.24. The van der Waals surface area contributed by atoms with Crippen LogP contribution in [0.2, 0.25) is 0 Å². The van der Waals surface area contributed by atoms with Gasteiger partial charge in [0.05, 0.1) is 17.6 Å². The highest BCUT2D eigenvalue weighted by Crippen LogP contribution is 2.38. The van der Waals surface area contributed by atoms with E-state index < -0.39 is 17.8 Å². The molecule has 0 unspecified atom stereocenters. The number of aromatic amines is 1. The number of carbonyl (C=O) groups is 1. The van der Waals surface area contributed by atoms with Crippen molar-refractivity contribution in [3.8, 4) is 0 Å². The molecule has 112 valence electrons. The number of hydrogen-bond acceptors (Lipinski definition) is 1. The monoisotopic (exact) mass is 298 g/mol. The van der Waals surface area contributed by atoms with Gasteiger partial charge in [-0.15, -0.1) is 0 Å². The first-order chi connectivity index (χ1) is 9.77. The quantitative estimate of drug-likeness (QED) is 0.781. The minimum atomic E-state index is -4.44. The molecule has 0 aliphatic carbocycles. The van der Waals surface area contributed by atoms with E-state index in [1.54, 1.807) is 13.0 Å². The molecule has 0 radical (unpaired) electrons. The summed E-state index contributed by atoms with van der Waals surface area (Å²) >= 11 is 0. The fraction of sp³-hybridized carbons (Fsp3) is 0.357. The molecule has 0 atom stereocenters. The Kier molecular flexibility index (Phi) is 2.89. The molecule has 1 aromatic carbocycles. The van der Waals surface area contributed by atoms with Crippen LogP contribution in [-0.4, -0.2) is 27.6 Å². The smallest absolute Gasteiger partial charge is 0.418 e. The third kappa shape index (κ3) is 2.22. The second-order valence-electron chi connectivity index (χ2n) is 5.27. The summed E-state index contributed by atoms with van der Waals surface area (Å²) in [6.45, 7) is 2.01. The van der Waals surface area contributed by atoms with Crippen LogP contribution in [0.1, 0.15) is 22.4 Å². The number of rotatable bonds is 0. The molecule has 2 heterocycles. The topological polar surface area (TPSA) is 56.3 Å². The molecule has 0 spiro atoms. The summed E-state index contributed by atoms with van der Waals surface area (Å²) in [4.78, 5) is 15.1. The minimum Gasteiger partial charge on any atom is -0.465 e. The standard InChI is InChI=1S/C14H13F3N2O2/c1-7-4-8-9-6-19(13(20)21)3-2-11(9)18-12(8)10(5-7)14(15,16)17/h4-5,18H,2-3,6H2,1H3,(H,20,21). The SMILES string of the molecule is Cc1cc(C(F)(F)F)c2[nH]c3c(c2c1)CN(C(=O)O)CC3. The van der Waals surface area contributed by atoms with Gasteiger partial charge in [0.15, 0.2) is 0 Å². The molecule has 0 bridgehead atoms. The normalized spacial score (nSPS) is 15.3. The molecule has 0 fully saturated rings. The maximum absolute atomic E-state index is 13.1. The van der Waals surface area contributed by atoms with Gasteiger partial charge in [0.2, 0.25) is 0 Å². The number of benzene rings is 1. The summed E-state index contributed by atoms with van der Waals surface area (Å²) in [5.41, 5.74) is 1.19. The molecule has 7 heteroatoms. The lowest BCUT2D eigenvalue weighted by atomic mass is 10.0. The van der Waals surface area contributed by atoms with Gasteiger partial charge >= 0.3 is 12.3 Å². The van der Waals surface area contributed by atoms with Crippen molar-refractivity contribution in [3.05, 3.63) is 34.5 Å². The number of nitrogens with one attached hydrogen (secondary N) is 1. The van der Waals surface area contributed by atoms with Gasteiger partial charge in [-0.1, -0.05) is 0 Å². The number of nitrogens with zero attached hydrogens (tertiary/aromatic N) is 1. The fourth-order valence-electron chi connectivity index (χ4n) is 2.85. The molecule has 1 aliphatic heterocycles. The van der Waals surface area contributed by atoms with Crippen molar-refractivity contribution in [1.82, 2.24) is 9.88 Å². The van der Waals surface area contributed by atoms with Crippen LogP contribution >= 0.6 is 0 Å². The molecule has 2 aromatic rings. The predicted octanol–water partition coefficient (Wildman–Crippen LogP) is 3.53. The van der Waals surface area contributed by atoms with Crippen molar-refractivity contribution in [2.75, 3.05) is 6.54 Å². The Labute approximate surface area is 118 Å². The lowest BCUT2D eigenvalue weighted by Crippen LogP contribution is -2.34. The third-order valence-electron chi connectivity index (χ3n) is 3.80. The Morgan fingerprint density at radius 2 is 2.10 bits per heavy atom. The van der Waals surface area contributed by atoms with Gasteiger partial charge in [-0.05, 0) is 24.6 Å². The Hall–Kier alpha value is -2.18. The van der Waals surface area contributed by atoms with E-state index in [0.29, 0.717) is 28.6 Å². The predicted molar refractivity (Wildman–Crippen MR) is 70.2 cm³/mol. The van der Waals surface area contributed by atoms with E-state index in [1.165, 1.54) is 4.90 Å². The number of H-pyrrole nitrogens is 1. The van der Waals surface area contributed by atoms with Crippen molar-refractivity contribution >= 4 is 17.0 Å². The molecule has 1 aromatic heterocycles. The summed E-state index contributed by atoms with van der Waals surface area (Å²) in [7, 11) is 0. The number of halogens is 3. The van der Waals surface area contributed by atoms with E-state index in [0.717, 1.165) is 6.07 Å². The molecule has 1 aliphatic rings. The molecular weight excluding hydrogens is 285 g/mol. The minimum absolute atomic E-state index is 0.0466. The third-order valence-corrected chi connectivity index (χ3v) is 3.80. The van der Waals surface area contributed by atoms with Crippen molar-refractivity contribution in [2.45, 2.75) is 26.1 Å². The first-order valence-corrected chi connectivity index (χ1v) is 6.46. The molecule has 3 rings (SSSR count). The van der Waals surface area contributed by atoms with Crippen LogP contribution in [0.4, 0.5) is 18.0 Å². The number of amides is 1. The number of aromatic nitrogens is 1. The van der Waals surface area contributed by atoms with Crippen LogP contribution in [0, 0.1) is 6.92 Å². The fourth-order valence-corrected chi connectivity index (χ4v) is 2.85. The Bertz CT molecular complexity index is 734. The summed E-state index contributed by atoms with van der Waals surface area (Å²) in [5.74, 6) is 0. The highest BCUT2D eigenvalue weighted by Gasteiger charge is 2.35. The maximum atomic E-state index is 13.1. The average Bonchev–Trinajstić information content (AvgIpc) is 2.74. The molecule has 0 saturated carbocycles. The van der Waals surface area contributed by atoms with Gasteiger partial charge in [0, 0.05) is 29.6 Å². The Balaban J connectivity index is 2.22. The summed E-state index contributed by atoms with van der Waals surface area (Å²) in [6.07, 6.45) is -5.10. The van der Waals surface area contributed by atoms with E-state index in [4.69, 9.17) is 5.11 Å². The zero-order valence-electron chi connectivity index (χ0n) is 11.2. The van der Waals surface area contributed by atoms with E-state index in [1.807, 2.05) is 0 Å². The van der Waals surface area contributed by atoms with Crippen LogP contribution in [0.5, 0.6) is 0 Å². The molecule has 1 amide bonds. The second kappa shape index (κ2) is 4.41. The van der Waals surface area contributed by atoms with Crippen LogP contribution in [-0.2, 0) is 19.1 Å². The number of alkyl halides is 3. The zero-order chi connectivity index (χ0) is 15.4. The van der Waals surface area contributed by atoms with Crippen molar-refractivity contribution in [2.24, 2.45) is 0 Å². The number of fused-ring (bicyclic) bond motifs is 3. The molecule has 4 nitrogen and oxygen atoms in total. The highest BCUT2D eigenvalue weighted by molar-refractivity contribution is 5.89. The molecular formula is C14H13F3N2O2. The first kappa shape index (κ1) is 13.8. The molecule has 21 heavy (non-hydrogen) atoms. The van der Waals surface area contributed by atoms with E-state index >= 15 is 0 Å². The van der Waals surface area contributed by atoms with Crippen LogP contribution < -0.4 is 0 Å². The van der Waals surface area contributed by atoms with Gasteiger partial charge in [0.25, 0.3) is 0 Å².